The molecule has 0 radical (unpaired) electrons. The Hall–Kier alpha value is -2.60. The fraction of sp³-hybridized carbons (Fsp3) is 0.588. The van der Waals surface area contributed by atoms with Crippen LogP contribution in [0.3, 0.4) is 0 Å². The number of carbonyl (C=O) groups is 4. The summed E-state index contributed by atoms with van der Waals surface area (Å²) in [6.07, 6.45) is 4.47. The summed E-state index contributed by atoms with van der Waals surface area (Å²) >= 11 is 4.07. The Morgan fingerprint density at radius 2 is 1.97 bits per heavy atom. The van der Waals surface area contributed by atoms with Crippen molar-refractivity contribution in [2.45, 2.75) is 50.4 Å². The van der Waals surface area contributed by atoms with Gasteiger partial charge in [-0.15, -0.1) is 0 Å². The van der Waals surface area contributed by atoms with Crippen molar-refractivity contribution in [1.82, 2.24) is 31.2 Å². The second kappa shape index (κ2) is 10.8. The molecule has 0 aliphatic carbocycles. The first kappa shape index (κ1) is 22.7. The lowest BCUT2D eigenvalue weighted by Gasteiger charge is -2.22. The average molecular weight is 426 g/mol. The van der Waals surface area contributed by atoms with Crippen LogP contribution in [0.4, 0.5) is 0 Å². The predicted octanol–water partition coefficient (Wildman–Crippen LogP) is -1.81. The first-order valence-corrected chi connectivity index (χ1v) is 9.90. The third-order valence-corrected chi connectivity index (χ3v) is 4.90. The molecular formula is C17H26N6O5S. The van der Waals surface area contributed by atoms with E-state index in [1.54, 1.807) is 0 Å². The topological polar surface area (TPSA) is 165 Å². The van der Waals surface area contributed by atoms with Gasteiger partial charge in [-0.05, 0) is 26.3 Å². The second-order valence-electron chi connectivity index (χ2n) is 6.80. The number of hydrogen-bond acceptors (Lipinski definition) is 7. The van der Waals surface area contributed by atoms with Crippen LogP contribution in [0.1, 0.15) is 25.5 Å². The lowest BCUT2D eigenvalue weighted by molar-refractivity contribution is -0.142. The van der Waals surface area contributed by atoms with E-state index in [0.717, 1.165) is 13.0 Å². The van der Waals surface area contributed by atoms with Crippen LogP contribution in [-0.4, -0.2) is 75.2 Å². The van der Waals surface area contributed by atoms with E-state index in [1.165, 1.54) is 19.4 Å². The van der Waals surface area contributed by atoms with Gasteiger partial charge >= 0.3 is 5.97 Å². The smallest absolute Gasteiger partial charge is 0.326 e. The van der Waals surface area contributed by atoms with E-state index in [9.17, 15) is 24.3 Å². The summed E-state index contributed by atoms with van der Waals surface area (Å²) < 4.78 is 0. The summed E-state index contributed by atoms with van der Waals surface area (Å²) in [6, 6.07) is -3.44. The van der Waals surface area contributed by atoms with Crippen molar-refractivity contribution in [1.29, 1.82) is 0 Å². The highest BCUT2D eigenvalue weighted by atomic mass is 32.1. The molecular weight excluding hydrogens is 400 g/mol. The number of rotatable bonds is 10. The Balaban J connectivity index is 1.89. The van der Waals surface area contributed by atoms with E-state index in [0.29, 0.717) is 12.1 Å². The monoisotopic (exact) mass is 426 g/mol. The molecule has 0 aromatic carbocycles. The molecule has 4 atom stereocenters. The Kier molecular flexibility index (Phi) is 8.46. The number of thiol groups is 1. The molecule has 1 aliphatic heterocycles. The van der Waals surface area contributed by atoms with Gasteiger partial charge in [-0.3, -0.25) is 14.4 Å². The molecule has 1 aromatic heterocycles. The van der Waals surface area contributed by atoms with E-state index in [1.807, 2.05) is 0 Å². The number of H-pyrrole nitrogens is 1. The number of aromatic nitrogens is 2. The Morgan fingerprint density at radius 1 is 1.24 bits per heavy atom. The van der Waals surface area contributed by atoms with Gasteiger partial charge in [0.1, 0.15) is 18.1 Å². The first-order chi connectivity index (χ1) is 13.8. The summed E-state index contributed by atoms with van der Waals surface area (Å²) in [5.74, 6) is -2.79. The SMILES string of the molecule is CC(NC(=O)C1CCCN1)C(=O)NC(CS)C(=O)NC(Cc1cnc[nH]1)C(=O)O. The number of carboxylic acid groups (broad SMARTS) is 1. The van der Waals surface area contributed by atoms with Crippen LogP contribution in [-0.2, 0) is 25.6 Å². The highest BCUT2D eigenvalue weighted by Gasteiger charge is 2.29. The molecule has 11 nitrogen and oxygen atoms in total. The third-order valence-electron chi connectivity index (χ3n) is 4.54. The molecule has 160 valence electrons. The number of nitrogens with zero attached hydrogens (tertiary/aromatic N) is 1. The number of amides is 3. The van der Waals surface area contributed by atoms with Gasteiger partial charge in [-0.1, -0.05) is 0 Å². The Morgan fingerprint density at radius 3 is 2.52 bits per heavy atom. The number of aliphatic carboxylic acids is 1. The van der Waals surface area contributed by atoms with Crippen LogP contribution >= 0.6 is 12.6 Å². The Labute approximate surface area is 173 Å². The van der Waals surface area contributed by atoms with Crippen molar-refractivity contribution in [3.05, 3.63) is 18.2 Å². The van der Waals surface area contributed by atoms with Gasteiger partial charge in [-0.2, -0.15) is 12.6 Å². The van der Waals surface area contributed by atoms with Crippen LogP contribution in [0, 0.1) is 0 Å². The molecule has 1 saturated heterocycles. The van der Waals surface area contributed by atoms with Crippen molar-refractivity contribution >= 4 is 36.3 Å². The number of imidazole rings is 1. The van der Waals surface area contributed by atoms with Gasteiger partial charge in [0.15, 0.2) is 0 Å². The normalized spacial score (nSPS) is 19.0. The van der Waals surface area contributed by atoms with Crippen LogP contribution in [0.2, 0.25) is 0 Å². The molecule has 2 heterocycles. The van der Waals surface area contributed by atoms with E-state index in [-0.39, 0.29) is 24.1 Å². The molecule has 3 amide bonds. The predicted molar refractivity (Wildman–Crippen MR) is 106 cm³/mol. The number of carboxylic acids is 1. The lowest BCUT2D eigenvalue weighted by atomic mass is 10.1. The van der Waals surface area contributed by atoms with E-state index < -0.39 is 35.9 Å². The zero-order valence-corrected chi connectivity index (χ0v) is 16.9. The fourth-order valence-electron chi connectivity index (χ4n) is 2.87. The minimum absolute atomic E-state index is 0.00909. The van der Waals surface area contributed by atoms with Crippen LogP contribution < -0.4 is 21.3 Å². The zero-order valence-electron chi connectivity index (χ0n) is 16.0. The molecule has 1 aliphatic rings. The van der Waals surface area contributed by atoms with Crippen LogP contribution in [0.5, 0.6) is 0 Å². The van der Waals surface area contributed by atoms with Gasteiger partial charge in [0.2, 0.25) is 17.7 Å². The van der Waals surface area contributed by atoms with Gasteiger partial charge in [0.05, 0.1) is 12.4 Å². The minimum Gasteiger partial charge on any atom is -0.480 e. The van der Waals surface area contributed by atoms with E-state index in [4.69, 9.17) is 0 Å². The number of carbonyl (C=O) groups excluding carboxylic acids is 3. The standard InChI is InChI=1S/C17H26N6O5S/c1-9(21-15(25)11-3-2-4-19-11)14(24)23-13(7-29)16(26)22-12(17(27)28)5-10-6-18-8-20-10/h6,8-9,11-13,19,29H,2-5,7H2,1H3,(H,18,20)(H,21,25)(H,22,26)(H,23,24)(H,27,28). The van der Waals surface area contributed by atoms with Gasteiger partial charge in [0, 0.05) is 24.1 Å². The molecule has 0 spiro atoms. The summed E-state index contributed by atoms with van der Waals surface area (Å²) in [4.78, 5) is 54.9. The summed E-state index contributed by atoms with van der Waals surface area (Å²) in [5.41, 5.74) is 0.543. The maximum atomic E-state index is 12.4. The molecule has 1 fully saturated rings. The van der Waals surface area contributed by atoms with E-state index >= 15 is 0 Å². The highest BCUT2D eigenvalue weighted by Crippen LogP contribution is 2.05. The fourth-order valence-corrected chi connectivity index (χ4v) is 3.12. The summed E-state index contributed by atoms with van der Waals surface area (Å²) in [5, 5.41) is 19.9. The third kappa shape index (κ3) is 6.75. The molecule has 0 bridgehead atoms. The van der Waals surface area contributed by atoms with Crippen molar-refractivity contribution < 1.29 is 24.3 Å². The molecule has 1 aromatic rings. The van der Waals surface area contributed by atoms with Crippen LogP contribution in [0.25, 0.3) is 0 Å². The number of aromatic amines is 1. The highest BCUT2D eigenvalue weighted by molar-refractivity contribution is 7.80. The van der Waals surface area contributed by atoms with Gasteiger partial charge in [0.25, 0.3) is 0 Å². The largest absolute Gasteiger partial charge is 0.480 e. The molecule has 2 rings (SSSR count). The zero-order chi connectivity index (χ0) is 21.4. The molecule has 0 saturated carbocycles. The van der Waals surface area contributed by atoms with E-state index in [2.05, 4.69) is 43.9 Å². The van der Waals surface area contributed by atoms with Crippen molar-refractivity contribution in [3.63, 3.8) is 0 Å². The maximum absolute atomic E-state index is 12.4. The quantitative estimate of drug-likeness (QED) is 0.217. The Bertz CT molecular complexity index is 722. The van der Waals surface area contributed by atoms with Gasteiger partial charge < -0.3 is 31.4 Å². The minimum atomic E-state index is -1.22. The van der Waals surface area contributed by atoms with Crippen LogP contribution in [0.15, 0.2) is 12.5 Å². The van der Waals surface area contributed by atoms with Crippen molar-refractivity contribution in [2.24, 2.45) is 0 Å². The molecule has 12 heteroatoms. The summed E-state index contributed by atoms with van der Waals surface area (Å²) in [6.45, 7) is 2.26. The number of nitrogens with one attached hydrogen (secondary N) is 5. The summed E-state index contributed by atoms with van der Waals surface area (Å²) in [7, 11) is 0. The lowest BCUT2D eigenvalue weighted by Crippen LogP contribution is -2.57. The first-order valence-electron chi connectivity index (χ1n) is 9.27. The molecule has 4 unspecified atom stereocenters. The molecule has 6 N–H and O–H groups in total. The average Bonchev–Trinajstić information content (AvgIpc) is 3.38. The molecule has 29 heavy (non-hydrogen) atoms. The maximum Gasteiger partial charge on any atom is 0.326 e. The van der Waals surface area contributed by atoms with Crippen molar-refractivity contribution in [2.75, 3.05) is 12.3 Å². The second-order valence-corrected chi connectivity index (χ2v) is 7.17. The van der Waals surface area contributed by atoms with Gasteiger partial charge in [-0.25, -0.2) is 9.78 Å². The van der Waals surface area contributed by atoms with Crippen molar-refractivity contribution in [3.8, 4) is 0 Å². The number of hydrogen-bond donors (Lipinski definition) is 7.